The lowest BCUT2D eigenvalue weighted by Crippen LogP contribution is -2.36. The summed E-state index contributed by atoms with van der Waals surface area (Å²) in [7, 11) is 0. The Morgan fingerprint density at radius 3 is 3.00 bits per heavy atom. The van der Waals surface area contributed by atoms with E-state index in [-0.39, 0.29) is 0 Å². The molecule has 3 heteroatoms. The number of hydrogen-bond donors (Lipinski definition) is 0. The molecule has 1 unspecified atom stereocenters. The molecule has 0 saturated carbocycles. The minimum atomic E-state index is -0.675. The maximum Gasteiger partial charge on any atom is 0.118 e. The highest BCUT2D eigenvalue weighted by Gasteiger charge is 2.20. The highest BCUT2D eigenvalue weighted by atomic mass is 79.9. The predicted octanol–water partition coefficient (Wildman–Crippen LogP) is 3.70. The van der Waals surface area contributed by atoms with Crippen LogP contribution in [-0.4, -0.2) is 19.3 Å². The quantitative estimate of drug-likeness (QED) is 0.753. The molecule has 0 spiro atoms. The largest absolute Gasteiger partial charge is 0.368 e. The fourth-order valence-corrected chi connectivity index (χ4v) is 2.51. The van der Waals surface area contributed by atoms with Gasteiger partial charge >= 0.3 is 0 Å². The number of anilines is 1. The van der Waals surface area contributed by atoms with E-state index in [1.54, 1.807) is 0 Å². The Labute approximate surface area is 98.4 Å². The number of alkyl halides is 1. The van der Waals surface area contributed by atoms with Crippen LogP contribution < -0.4 is 4.90 Å². The molecule has 1 aliphatic rings. The van der Waals surface area contributed by atoms with E-state index in [1.807, 2.05) is 6.07 Å². The number of aryl methyl sites for hydroxylation is 1. The zero-order valence-electron chi connectivity index (χ0n) is 8.84. The van der Waals surface area contributed by atoms with Crippen molar-refractivity contribution in [3.63, 3.8) is 0 Å². The molecule has 1 fully saturated rings. The number of hydrogen-bond acceptors (Lipinski definition) is 1. The first-order chi connectivity index (χ1) is 7.16. The number of benzene rings is 1. The Bertz CT molecular complexity index is 353. The third-order valence-corrected chi connectivity index (χ3v) is 3.48. The average Bonchev–Trinajstić information content (AvgIpc) is 2.22. The maximum atomic E-state index is 13.3. The van der Waals surface area contributed by atoms with Gasteiger partial charge in [0.1, 0.15) is 6.17 Å². The predicted molar refractivity (Wildman–Crippen MR) is 65.2 cm³/mol. The van der Waals surface area contributed by atoms with E-state index < -0.39 is 6.17 Å². The van der Waals surface area contributed by atoms with Crippen molar-refractivity contribution in [1.29, 1.82) is 0 Å². The first kappa shape index (κ1) is 10.9. The van der Waals surface area contributed by atoms with Crippen molar-refractivity contribution >= 4 is 21.6 Å². The second-order valence-electron chi connectivity index (χ2n) is 4.14. The molecule has 1 atom stereocenters. The van der Waals surface area contributed by atoms with E-state index >= 15 is 0 Å². The third-order valence-electron chi connectivity index (χ3n) is 2.81. The van der Waals surface area contributed by atoms with Gasteiger partial charge in [-0.25, -0.2) is 4.39 Å². The van der Waals surface area contributed by atoms with Crippen molar-refractivity contribution in [3.05, 3.63) is 28.2 Å². The lowest BCUT2D eigenvalue weighted by Gasteiger charge is -2.31. The molecule has 1 nitrogen and oxygen atoms in total. The van der Waals surface area contributed by atoms with Crippen LogP contribution in [0.2, 0.25) is 0 Å². The first-order valence-electron chi connectivity index (χ1n) is 5.32. The molecule has 15 heavy (non-hydrogen) atoms. The molecule has 0 bridgehead atoms. The molecule has 0 N–H and O–H groups in total. The van der Waals surface area contributed by atoms with Crippen LogP contribution in [0.1, 0.15) is 18.4 Å². The van der Waals surface area contributed by atoms with Gasteiger partial charge in [-0.15, -0.1) is 0 Å². The van der Waals surface area contributed by atoms with Gasteiger partial charge in [-0.05, 0) is 53.4 Å². The smallest absolute Gasteiger partial charge is 0.118 e. The summed E-state index contributed by atoms with van der Waals surface area (Å²) < 4.78 is 14.4. The zero-order chi connectivity index (χ0) is 10.8. The molecule has 1 heterocycles. The lowest BCUT2D eigenvalue weighted by molar-refractivity contribution is 0.286. The number of nitrogens with zero attached hydrogens (tertiary/aromatic N) is 1. The van der Waals surface area contributed by atoms with Gasteiger partial charge in [-0.1, -0.05) is 6.07 Å². The van der Waals surface area contributed by atoms with Gasteiger partial charge in [0.2, 0.25) is 0 Å². The van der Waals surface area contributed by atoms with E-state index in [4.69, 9.17) is 0 Å². The highest BCUT2D eigenvalue weighted by Crippen LogP contribution is 2.30. The van der Waals surface area contributed by atoms with Crippen molar-refractivity contribution < 1.29 is 4.39 Å². The second kappa shape index (κ2) is 4.52. The normalized spacial score (nSPS) is 21.8. The highest BCUT2D eigenvalue weighted by molar-refractivity contribution is 9.10. The minimum absolute atomic E-state index is 0.530. The number of halogens is 2. The van der Waals surface area contributed by atoms with Crippen molar-refractivity contribution in [2.24, 2.45) is 0 Å². The van der Waals surface area contributed by atoms with Gasteiger partial charge in [0, 0.05) is 17.6 Å². The number of rotatable bonds is 1. The van der Waals surface area contributed by atoms with Gasteiger partial charge in [0.15, 0.2) is 0 Å². The van der Waals surface area contributed by atoms with Gasteiger partial charge in [-0.3, -0.25) is 0 Å². The molecule has 0 amide bonds. The van der Waals surface area contributed by atoms with Crippen LogP contribution in [0, 0.1) is 6.92 Å². The van der Waals surface area contributed by atoms with Crippen molar-refractivity contribution in [1.82, 2.24) is 0 Å². The summed E-state index contributed by atoms with van der Waals surface area (Å²) in [5.41, 5.74) is 2.34. The van der Waals surface area contributed by atoms with Gasteiger partial charge < -0.3 is 4.90 Å². The standard InChI is InChI=1S/C12H15BrFN/c1-9-4-5-11(13)12(7-9)15-6-2-3-10(14)8-15/h4-5,7,10H,2-3,6,8H2,1H3. The summed E-state index contributed by atoms with van der Waals surface area (Å²) in [6.45, 7) is 3.55. The topological polar surface area (TPSA) is 3.24 Å². The molecule has 2 rings (SSSR count). The van der Waals surface area contributed by atoms with Gasteiger partial charge in [0.05, 0.1) is 5.69 Å². The van der Waals surface area contributed by atoms with Crippen LogP contribution >= 0.6 is 15.9 Å². The van der Waals surface area contributed by atoms with Crippen LogP contribution in [0.15, 0.2) is 22.7 Å². The van der Waals surface area contributed by atoms with Gasteiger partial charge in [-0.2, -0.15) is 0 Å². The fraction of sp³-hybridized carbons (Fsp3) is 0.500. The summed E-state index contributed by atoms with van der Waals surface area (Å²) in [6.07, 6.45) is 0.979. The average molecular weight is 272 g/mol. The van der Waals surface area contributed by atoms with E-state index in [0.29, 0.717) is 13.0 Å². The van der Waals surface area contributed by atoms with Crippen molar-refractivity contribution in [3.8, 4) is 0 Å². The molecule has 0 radical (unpaired) electrons. The molecule has 0 aromatic heterocycles. The Morgan fingerprint density at radius 1 is 1.47 bits per heavy atom. The molecular formula is C12H15BrFN. The molecule has 1 saturated heterocycles. The van der Waals surface area contributed by atoms with Crippen LogP contribution in [0.3, 0.4) is 0 Å². The van der Waals surface area contributed by atoms with E-state index in [2.05, 4.69) is 39.9 Å². The lowest BCUT2D eigenvalue weighted by atomic mass is 10.1. The third kappa shape index (κ3) is 2.51. The Balaban J connectivity index is 2.24. The summed E-state index contributed by atoms with van der Waals surface area (Å²) in [4.78, 5) is 2.13. The molecular weight excluding hydrogens is 257 g/mol. The Kier molecular flexibility index (Phi) is 3.29. The Morgan fingerprint density at radius 2 is 2.27 bits per heavy atom. The Hall–Kier alpha value is -0.570. The summed E-state index contributed by atoms with van der Waals surface area (Å²) in [5.74, 6) is 0. The van der Waals surface area contributed by atoms with E-state index in [9.17, 15) is 4.39 Å². The van der Waals surface area contributed by atoms with E-state index in [0.717, 1.165) is 23.1 Å². The molecule has 1 aromatic carbocycles. The van der Waals surface area contributed by atoms with Crippen LogP contribution in [0.4, 0.5) is 10.1 Å². The van der Waals surface area contributed by atoms with Gasteiger partial charge in [0.25, 0.3) is 0 Å². The molecule has 82 valence electrons. The summed E-state index contributed by atoms with van der Waals surface area (Å²) in [6, 6.07) is 6.21. The minimum Gasteiger partial charge on any atom is -0.368 e. The zero-order valence-corrected chi connectivity index (χ0v) is 10.4. The maximum absolute atomic E-state index is 13.3. The van der Waals surface area contributed by atoms with Crippen LogP contribution in [0.25, 0.3) is 0 Å². The monoisotopic (exact) mass is 271 g/mol. The first-order valence-corrected chi connectivity index (χ1v) is 6.11. The van der Waals surface area contributed by atoms with Crippen LogP contribution in [0.5, 0.6) is 0 Å². The van der Waals surface area contributed by atoms with E-state index in [1.165, 1.54) is 5.56 Å². The number of piperidine rings is 1. The van der Waals surface area contributed by atoms with Crippen molar-refractivity contribution in [2.45, 2.75) is 25.9 Å². The molecule has 0 aliphatic carbocycles. The summed E-state index contributed by atoms with van der Waals surface area (Å²) >= 11 is 3.52. The SMILES string of the molecule is Cc1ccc(Br)c(N2CCCC(F)C2)c1. The molecule has 1 aromatic rings. The summed E-state index contributed by atoms with van der Waals surface area (Å²) in [5, 5.41) is 0. The molecule has 1 aliphatic heterocycles. The second-order valence-corrected chi connectivity index (χ2v) is 4.99. The van der Waals surface area contributed by atoms with Crippen molar-refractivity contribution in [2.75, 3.05) is 18.0 Å². The van der Waals surface area contributed by atoms with Crippen LogP contribution in [-0.2, 0) is 0 Å². The fourth-order valence-electron chi connectivity index (χ4n) is 2.01.